The minimum atomic E-state index is -0.668. The fourth-order valence-electron chi connectivity index (χ4n) is 4.13. The van der Waals surface area contributed by atoms with Crippen LogP contribution in [0.5, 0.6) is 0 Å². The maximum absolute atomic E-state index is 13.7. The number of aromatic nitrogens is 1. The maximum atomic E-state index is 13.7. The highest BCUT2D eigenvalue weighted by atomic mass is 32.1. The summed E-state index contributed by atoms with van der Waals surface area (Å²) in [5.41, 5.74) is 4.90. The summed E-state index contributed by atoms with van der Waals surface area (Å²) in [6.07, 6.45) is 4.08. The van der Waals surface area contributed by atoms with Gasteiger partial charge in [-0.25, -0.2) is 4.98 Å². The minimum absolute atomic E-state index is 0.139. The molecule has 212 valence electrons. The topological polar surface area (TPSA) is 74.3 Å². The van der Waals surface area contributed by atoms with Gasteiger partial charge in [-0.1, -0.05) is 58.9 Å². The number of carbonyl (C=O) groups excluding carboxylic acids is 2. The van der Waals surface area contributed by atoms with Gasteiger partial charge in [0.2, 0.25) is 11.8 Å². The number of hydrogen-bond donors (Lipinski definition) is 2. The van der Waals surface area contributed by atoms with E-state index in [-0.39, 0.29) is 17.2 Å². The van der Waals surface area contributed by atoms with Gasteiger partial charge in [0, 0.05) is 23.8 Å². The van der Waals surface area contributed by atoms with Crippen LogP contribution in [0.3, 0.4) is 0 Å². The Labute approximate surface area is 235 Å². The molecule has 6 nitrogen and oxygen atoms in total. The standard InChI is InChI=1S/C31H50N4O2S/c1-22(2)15-17-35(9)27(19-25-20-38-21-32-25)29(37)33-26(28(36)34-31(6,7)8)18-24-12-10-23(11-13-24)14-16-30(3,4)5/h10-13,20-22,26-27H,14-19H2,1-9H3,(H,33,37)(H,34,36). The molecule has 0 aliphatic heterocycles. The molecule has 0 fully saturated rings. The number of nitrogens with zero attached hydrogens (tertiary/aromatic N) is 2. The van der Waals surface area contributed by atoms with E-state index in [2.05, 4.69) is 79.4 Å². The zero-order valence-electron chi connectivity index (χ0n) is 25.1. The van der Waals surface area contributed by atoms with Gasteiger partial charge in [-0.05, 0) is 76.1 Å². The van der Waals surface area contributed by atoms with Crippen LogP contribution < -0.4 is 10.6 Å². The highest BCUT2D eigenvalue weighted by Crippen LogP contribution is 2.22. The van der Waals surface area contributed by atoms with E-state index in [0.717, 1.165) is 37.1 Å². The predicted octanol–water partition coefficient (Wildman–Crippen LogP) is 5.65. The van der Waals surface area contributed by atoms with Gasteiger partial charge in [0.1, 0.15) is 6.04 Å². The fourth-order valence-corrected chi connectivity index (χ4v) is 4.71. The van der Waals surface area contributed by atoms with Crippen molar-refractivity contribution in [2.45, 2.75) is 105 Å². The molecule has 7 heteroatoms. The second-order valence-electron chi connectivity index (χ2n) is 13.2. The summed E-state index contributed by atoms with van der Waals surface area (Å²) in [4.78, 5) is 33.6. The van der Waals surface area contributed by atoms with Crippen molar-refractivity contribution in [3.8, 4) is 0 Å². The van der Waals surface area contributed by atoms with E-state index in [1.165, 1.54) is 16.9 Å². The summed E-state index contributed by atoms with van der Waals surface area (Å²) in [6, 6.07) is 7.39. The number of nitrogens with one attached hydrogen (secondary N) is 2. The summed E-state index contributed by atoms with van der Waals surface area (Å²) in [6.45, 7) is 17.8. The van der Waals surface area contributed by atoms with Gasteiger partial charge in [0.15, 0.2) is 0 Å². The van der Waals surface area contributed by atoms with E-state index in [1.54, 1.807) is 5.51 Å². The first kappa shape index (κ1) is 32.0. The minimum Gasteiger partial charge on any atom is -0.350 e. The normalized spacial score (nSPS) is 14.0. The molecule has 1 heterocycles. The van der Waals surface area contributed by atoms with Gasteiger partial charge < -0.3 is 10.6 Å². The van der Waals surface area contributed by atoms with E-state index in [9.17, 15) is 9.59 Å². The third kappa shape index (κ3) is 12.1. The van der Waals surface area contributed by atoms with Crippen molar-refractivity contribution < 1.29 is 9.59 Å². The average molecular weight is 543 g/mol. The quantitative estimate of drug-likeness (QED) is 0.343. The fraction of sp³-hybridized carbons (Fsp3) is 0.645. The van der Waals surface area contributed by atoms with Crippen LogP contribution in [-0.2, 0) is 28.9 Å². The lowest BCUT2D eigenvalue weighted by Gasteiger charge is -2.30. The first-order chi connectivity index (χ1) is 17.6. The zero-order chi connectivity index (χ0) is 28.5. The highest BCUT2D eigenvalue weighted by molar-refractivity contribution is 7.07. The van der Waals surface area contributed by atoms with Crippen LogP contribution in [0, 0.1) is 11.3 Å². The van der Waals surface area contributed by atoms with Crippen LogP contribution in [-0.4, -0.2) is 52.9 Å². The molecule has 0 saturated heterocycles. The third-order valence-corrected chi connectivity index (χ3v) is 7.17. The zero-order valence-corrected chi connectivity index (χ0v) is 25.9. The van der Waals surface area contributed by atoms with Crippen LogP contribution in [0.4, 0.5) is 0 Å². The Hall–Kier alpha value is -2.25. The van der Waals surface area contributed by atoms with Gasteiger partial charge >= 0.3 is 0 Å². The molecule has 0 aliphatic rings. The Kier molecular flexibility index (Phi) is 12.0. The Balaban J connectivity index is 2.21. The number of rotatable bonds is 13. The van der Waals surface area contributed by atoms with E-state index in [0.29, 0.717) is 18.8 Å². The lowest BCUT2D eigenvalue weighted by Crippen LogP contribution is -2.57. The molecular formula is C31H50N4O2S. The molecule has 0 bridgehead atoms. The number of carbonyl (C=O) groups is 2. The van der Waals surface area contributed by atoms with Crippen molar-refractivity contribution in [2.75, 3.05) is 13.6 Å². The Morgan fingerprint density at radius 3 is 2.13 bits per heavy atom. The van der Waals surface area contributed by atoms with E-state index < -0.39 is 17.6 Å². The summed E-state index contributed by atoms with van der Waals surface area (Å²) >= 11 is 1.53. The molecular weight excluding hydrogens is 492 g/mol. The molecule has 1 aromatic heterocycles. The number of aryl methyl sites for hydroxylation is 1. The average Bonchev–Trinajstić information content (AvgIpc) is 3.31. The lowest BCUT2D eigenvalue weighted by molar-refractivity contribution is -0.132. The van der Waals surface area contributed by atoms with Crippen molar-refractivity contribution in [3.63, 3.8) is 0 Å². The van der Waals surface area contributed by atoms with E-state index in [1.807, 2.05) is 33.2 Å². The molecule has 0 aliphatic carbocycles. The first-order valence-electron chi connectivity index (χ1n) is 13.9. The summed E-state index contributed by atoms with van der Waals surface area (Å²) in [7, 11) is 1.99. The van der Waals surface area contributed by atoms with Gasteiger partial charge in [0.05, 0.1) is 17.2 Å². The van der Waals surface area contributed by atoms with Crippen LogP contribution in [0.15, 0.2) is 35.2 Å². The monoisotopic (exact) mass is 542 g/mol. The lowest BCUT2D eigenvalue weighted by atomic mass is 9.88. The van der Waals surface area contributed by atoms with Gasteiger partial charge in [0.25, 0.3) is 0 Å². The second kappa shape index (κ2) is 14.2. The second-order valence-corrected chi connectivity index (χ2v) is 14.0. The molecule has 2 atom stereocenters. The molecule has 2 N–H and O–H groups in total. The maximum Gasteiger partial charge on any atom is 0.243 e. The van der Waals surface area contributed by atoms with Crippen molar-refractivity contribution in [3.05, 3.63) is 52.0 Å². The third-order valence-electron chi connectivity index (χ3n) is 6.54. The Morgan fingerprint density at radius 1 is 0.974 bits per heavy atom. The van der Waals surface area contributed by atoms with E-state index in [4.69, 9.17) is 0 Å². The molecule has 0 saturated carbocycles. The number of amides is 2. The van der Waals surface area contributed by atoms with Crippen LogP contribution >= 0.6 is 11.3 Å². The molecule has 1 aromatic carbocycles. The molecule has 2 unspecified atom stereocenters. The summed E-state index contributed by atoms with van der Waals surface area (Å²) in [5.74, 6) is 0.233. The number of likely N-dealkylation sites (N-methyl/N-ethyl adjacent to an activating group) is 1. The molecule has 2 amide bonds. The van der Waals surface area contributed by atoms with Crippen molar-refractivity contribution in [1.29, 1.82) is 0 Å². The van der Waals surface area contributed by atoms with Crippen LogP contribution in [0.1, 0.15) is 85.1 Å². The number of benzene rings is 1. The Bertz CT molecular complexity index is 988. The van der Waals surface area contributed by atoms with Crippen LogP contribution in [0.2, 0.25) is 0 Å². The van der Waals surface area contributed by atoms with Gasteiger partial charge in [-0.3, -0.25) is 14.5 Å². The van der Waals surface area contributed by atoms with Crippen molar-refractivity contribution in [2.24, 2.45) is 11.3 Å². The van der Waals surface area contributed by atoms with Crippen LogP contribution in [0.25, 0.3) is 0 Å². The van der Waals surface area contributed by atoms with Gasteiger partial charge in [-0.2, -0.15) is 0 Å². The predicted molar refractivity (Wildman–Crippen MR) is 159 cm³/mol. The Morgan fingerprint density at radius 2 is 1.61 bits per heavy atom. The van der Waals surface area contributed by atoms with Crippen molar-refractivity contribution in [1.82, 2.24) is 20.5 Å². The number of hydrogen-bond acceptors (Lipinski definition) is 5. The first-order valence-corrected chi connectivity index (χ1v) is 14.8. The van der Waals surface area contributed by atoms with Gasteiger partial charge in [-0.15, -0.1) is 11.3 Å². The SMILES string of the molecule is CC(C)CCN(C)C(Cc1cscn1)C(=O)NC(Cc1ccc(CCC(C)(C)C)cc1)C(=O)NC(C)(C)C. The summed E-state index contributed by atoms with van der Waals surface area (Å²) < 4.78 is 0. The molecule has 38 heavy (non-hydrogen) atoms. The smallest absolute Gasteiger partial charge is 0.243 e. The number of thiazole rings is 1. The largest absolute Gasteiger partial charge is 0.350 e. The molecule has 0 radical (unpaired) electrons. The summed E-state index contributed by atoms with van der Waals surface area (Å²) in [5, 5.41) is 8.17. The molecule has 0 spiro atoms. The highest BCUT2D eigenvalue weighted by Gasteiger charge is 2.30. The molecule has 2 rings (SSSR count). The van der Waals surface area contributed by atoms with Crippen molar-refractivity contribution >= 4 is 23.2 Å². The van der Waals surface area contributed by atoms with E-state index >= 15 is 0 Å². The molecule has 2 aromatic rings.